The van der Waals surface area contributed by atoms with E-state index in [1.807, 2.05) is 90.1 Å². The molecule has 3 aromatic carbocycles. The van der Waals surface area contributed by atoms with Crippen molar-refractivity contribution in [2.24, 2.45) is 5.92 Å². The Bertz CT molecular complexity index is 1370. The maximum Gasteiger partial charge on any atom is 0.407 e. The number of ether oxygens (including phenoxy) is 3. The van der Waals surface area contributed by atoms with Gasteiger partial charge in [-0.05, 0) is 94.7 Å². The second-order valence-electron chi connectivity index (χ2n) is 12.9. The van der Waals surface area contributed by atoms with Crippen LogP contribution in [0, 0.1) is 5.92 Å². The van der Waals surface area contributed by atoms with Crippen molar-refractivity contribution in [1.29, 1.82) is 0 Å². The lowest BCUT2D eigenvalue weighted by Gasteiger charge is -2.26. The molecule has 7 nitrogen and oxygen atoms in total. The summed E-state index contributed by atoms with van der Waals surface area (Å²) in [5.41, 5.74) is 5.45. The van der Waals surface area contributed by atoms with Crippen molar-refractivity contribution in [2.75, 3.05) is 6.61 Å². The molecule has 0 fully saturated rings. The monoisotopic (exact) mass is 557 g/mol. The quantitative estimate of drug-likeness (QED) is 0.334. The molecule has 216 valence electrons. The van der Waals surface area contributed by atoms with Crippen LogP contribution in [0.5, 0.6) is 11.5 Å². The van der Waals surface area contributed by atoms with Gasteiger partial charge in [0.05, 0.1) is 0 Å². The fraction of sp³-hybridized carbons (Fsp3) is 0.412. The number of nitrogens with one attached hydrogen (secondary N) is 1. The first-order valence-electron chi connectivity index (χ1n) is 14.2. The second-order valence-corrected chi connectivity index (χ2v) is 12.9. The molecule has 5 rings (SSSR count). The number of carbonyl (C=O) groups is 2. The number of benzene rings is 3. The standard InChI is InChI=1S/C34H39NO6/c1-33(2,3)40-28-15-16-29(41-34(4,5)6)26-18-20(17-25(26)28)30(31(36)37)35-32(38)39-19-27-23-13-9-7-11-21(23)22-12-8-10-14-24(22)27/h7-16,20,27,30H,17-19H2,1-6H3,(H,35,38)(H,36,37)/t30-/m0/s1. The third kappa shape index (κ3) is 6.19. The molecule has 2 N–H and O–H groups in total. The van der Waals surface area contributed by atoms with E-state index in [4.69, 9.17) is 14.2 Å². The molecule has 3 aromatic rings. The number of hydrogen-bond donors (Lipinski definition) is 2. The van der Waals surface area contributed by atoms with Crippen molar-refractivity contribution in [3.8, 4) is 22.6 Å². The summed E-state index contributed by atoms with van der Waals surface area (Å²) >= 11 is 0. The van der Waals surface area contributed by atoms with Gasteiger partial charge in [-0.25, -0.2) is 9.59 Å². The number of hydrogen-bond acceptors (Lipinski definition) is 5. The van der Waals surface area contributed by atoms with Crippen molar-refractivity contribution in [1.82, 2.24) is 5.32 Å². The van der Waals surface area contributed by atoms with Crippen LogP contribution in [0.25, 0.3) is 11.1 Å². The van der Waals surface area contributed by atoms with E-state index in [0.29, 0.717) is 24.3 Å². The molecule has 0 bridgehead atoms. The van der Waals surface area contributed by atoms with Crippen LogP contribution in [0.2, 0.25) is 0 Å². The molecule has 0 saturated heterocycles. The second kappa shape index (κ2) is 10.8. The Balaban J connectivity index is 1.32. The Hall–Kier alpha value is -4.00. The molecule has 0 unspecified atom stereocenters. The highest BCUT2D eigenvalue weighted by molar-refractivity contribution is 5.81. The molecule has 1 amide bonds. The fourth-order valence-corrected chi connectivity index (χ4v) is 5.93. The number of rotatable bonds is 7. The summed E-state index contributed by atoms with van der Waals surface area (Å²) < 4.78 is 18.1. The summed E-state index contributed by atoms with van der Waals surface area (Å²) in [7, 11) is 0. The first-order chi connectivity index (χ1) is 19.3. The largest absolute Gasteiger partial charge is 0.488 e. The lowest BCUT2D eigenvalue weighted by Crippen LogP contribution is -2.46. The van der Waals surface area contributed by atoms with E-state index >= 15 is 0 Å². The minimum Gasteiger partial charge on any atom is -0.488 e. The fourth-order valence-electron chi connectivity index (χ4n) is 5.93. The highest BCUT2D eigenvalue weighted by Gasteiger charge is 2.39. The number of aliphatic carboxylic acids is 1. The number of alkyl carbamates (subject to hydrolysis) is 1. The van der Waals surface area contributed by atoms with Gasteiger partial charge in [-0.1, -0.05) is 48.5 Å². The average Bonchev–Trinajstić information content (AvgIpc) is 3.46. The van der Waals surface area contributed by atoms with Gasteiger partial charge in [0, 0.05) is 17.0 Å². The van der Waals surface area contributed by atoms with E-state index in [1.165, 1.54) is 0 Å². The van der Waals surface area contributed by atoms with Crippen LogP contribution in [-0.2, 0) is 22.4 Å². The topological polar surface area (TPSA) is 94.1 Å². The smallest absolute Gasteiger partial charge is 0.407 e. The van der Waals surface area contributed by atoms with Crippen LogP contribution < -0.4 is 14.8 Å². The molecule has 1 atom stereocenters. The van der Waals surface area contributed by atoms with Gasteiger partial charge < -0.3 is 24.6 Å². The number of fused-ring (bicyclic) bond motifs is 4. The van der Waals surface area contributed by atoms with Crippen LogP contribution in [0.1, 0.15) is 69.7 Å². The highest BCUT2D eigenvalue weighted by atomic mass is 16.5. The predicted molar refractivity (Wildman–Crippen MR) is 158 cm³/mol. The van der Waals surface area contributed by atoms with Crippen molar-refractivity contribution in [3.05, 3.63) is 82.9 Å². The van der Waals surface area contributed by atoms with E-state index in [2.05, 4.69) is 17.4 Å². The van der Waals surface area contributed by atoms with Gasteiger partial charge in [-0.2, -0.15) is 0 Å². The molecule has 0 aromatic heterocycles. The summed E-state index contributed by atoms with van der Waals surface area (Å²) in [5, 5.41) is 12.8. The van der Waals surface area contributed by atoms with Gasteiger partial charge in [0.1, 0.15) is 35.3 Å². The first-order valence-corrected chi connectivity index (χ1v) is 14.2. The Kier molecular flexibility index (Phi) is 7.49. The SMILES string of the molecule is CC(C)(C)Oc1ccc(OC(C)(C)C)c2c1CC([C@H](NC(=O)OCC1c3ccccc3-c3ccccc31)C(=O)O)C2. The summed E-state index contributed by atoms with van der Waals surface area (Å²) in [5.74, 6) is -0.188. The molecule has 7 heteroatoms. The van der Waals surface area contributed by atoms with Crippen LogP contribution in [-0.4, -0.2) is 41.0 Å². The highest BCUT2D eigenvalue weighted by Crippen LogP contribution is 2.45. The molecule has 0 saturated carbocycles. The number of amides is 1. The Morgan fingerprint density at radius 2 is 1.27 bits per heavy atom. The van der Waals surface area contributed by atoms with Gasteiger partial charge in [0.15, 0.2) is 0 Å². The van der Waals surface area contributed by atoms with Crippen LogP contribution in [0.15, 0.2) is 60.7 Å². The molecular formula is C34H39NO6. The van der Waals surface area contributed by atoms with Crippen LogP contribution in [0.4, 0.5) is 4.79 Å². The maximum atomic E-state index is 13.0. The maximum absolute atomic E-state index is 13.0. The number of carboxylic acid groups (broad SMARTS) is 1. The Labute approximate surface area is 241 Å². The normalized spacial score (nSPS) is 15.5. The van der Waals surface area contributed by atoms with E-state index in [9.17, 15) is 14.7 Å². The zero-order valence-electron chi connectivity index (χ0n) is 24.6. The van der Waals surface area contributed by atoms with Crippen molar-refractivity contribution >= 4 is 12.1 Å². The molecule has 0 heterocycles. The van der Waals surface area contributed by atoms with Crippen molar-refractivity contribution in [2.45, 2.75) is 77.5 Å². The third-order valence-corrected chi connectivity index (χ3v) is 7.46. The molecule has 0 aliphatic heterocycles. The minimum absolute atomic E-state index is 0.110. The average molecular weight is 558 g/mol. The van der Waals surface area contributed by atoms with E-state index in [1.54, 1.807) is 0 Å². The number of carbonyl (C=O) groups excluding carboxylic acids is 1. The zero-order chi connectivity index (χ0) is 29.5. The van der Waals surface area contributed by atoms with E-state index in [-0.39, 0.29) is 12.5 Å². The summed E-state index contributed by atoms with van der Waals surface area (Å²) in [6, 6.07) is 18.8. The summed E-state index contributed by atoms with van der Waals surface area (Å²) in [6.45, 7) is 12.0. The van der Waals surface area contributed by atoms with Gasteiger partial charge in [0.25, 0.3) is 0 Å². The van der Waals surface area contributed by atoms with Crippen LogP contribution in [0.3, 0.4) is 0 Å². The summed E-state index contributed by atoms with van der Waals surface area (Å²) in [6.07, 6.45) is 0.123. The minimum atomic E-state index is -1.14. The molecule has 2 aliphatic rings. The lowest BCUT2D eigenvalue weighted by molar-refractivity contribution is -0.140. The predicted octanol–water partition coefficient (Wildman–Crippen LogP) is 6.75. The van der Waals surface area contributed by atoms with E-state index in [0.717, 1.165) is 33.4 Å². The number of carboxylic acids is 1. The molecule has 0 radical (unpaired) electrons. The molecular weight excluding hydrogens is 518 g/mol. The Morgan fingerprint density at radius 1 is 0.805 bits per heavy atom. The lowest BCUT2D eigenvalue weighted by atomic mass is 9.96. The van der Waals surface area contributed by atoms with Gasteiger partial charge in [-0.15, -0.1) is 0 Å². The zero-order valence-corrected chi connectivity index (χ0v) is 24.6. The van der Waals surface area contributed by atoms with Crippen LogP contribution >= 0.6 is 0 Å². The summed E-state index contributed by atoms with van der Waals surface area (Å²) in [4.78, 5) is 25.5. The van der Waals surface area contributed by atoms with Gasteiger partial charge in [0.2, 0.25) is 0 Å². The van der Waals surface area contributed by atoms with Gasteiger partial charge >= 0.3 is 12.1 Å². The van der Waals surface area contributed by atoms with E-state index < -0.39 is 35.2 Å². The first kappa shape index (κ1) is 28.5. The van der Waals surface area contributed by atoms with Gasteiger partial charge in [-0.3, -0.25) is 0 Å². The van der Waals surface area contributed by atoms with Crippen molar-refractivity contribution in [3.63, 3.8) is 0 Å². The molecule has 41 heavy (non-hydrogen) atoms. The molecule has 0 spiro atoms. The Morgan fingerprint density at radius 3 is 1.71 bits per heavy atom. The third-order valence-electron chi connectivity index (χ3n) is 7.46. The van der Waals surface area contributed by atoms with Crippen molar-refractivity contribution < 1.29 is 28.9 Å². The molecule has 2 aliphatic carbocycles.